The van der Waals surface area contributed by atoms with E-state index >= 15 is 0 Å². The summed E-state index contributed by atoms with van der Waals surface area (Å²) in [5.41, 5.74) is 2.54. The van der Waals surface area contributed by atoms with Crippen molar-refractivity contribution < 1.29 is 9.59 Å². The largest absolute Gasteiger partial charge is 0.342 e. The van der Waals surface area contributed by atoms with Crippen LogP contribution in [0.5, 0.6) is 0 Å². The smallest absolute Gasteiger partial charge is 0.256 e. The number of likely N-dealkylation sites (N-methyl/N-ethyl adjacent to an activating group) is 1. The van der Waals surface area contributed by atoms with Crippen molar-refractivity contribution in [1.82, 2.24) is 14.8 Å². The number of para-hydroxylation sites is 1. The number of amides is 2. The van der Waals surface area contributed by atoms with Crippen molar-refractivity contribution in [1.29, 1.82) is 0 Å². The first-order valence-electron chi connectivity index (χ1n) is 10.1. The molecule has 1 aliphatic rings. The zero-order chi connectivity index (χ0) is 21.1. The second-order valence-electron chi connectivity index (χ2n) is 7.79. The molecule has 1 saturated heterocycles. The summed E-state index contributed by atoms with van der Waals surface area (Å²) in [6.45, 7) is 5.37. The molecule has 0 bridgehead atoms. The van der Waals surface area contributed by atoms with Gasteiger partial charge in [-0.25, -0.2) is 0 Å². The molecule has 4 rings (SSSR count). The number of pyridine rings is 1. The van der Waals surface area contributed by atoms with Gasteiger partial charge >= 0.3 is 0 Å². The van der Waals surface area contributed by atoms with Gasteiger partial charge in [-0.1, -0.05) is 55.1 Å². The van der Waals surface area contributed by atoms with Crippen molar-refractivity contribution in [2.24, 2.45) is 5.92 Å². The maximum absolute atomic E-state index is 13.4. The fourth-order valence-electron chi connectivity index (χ4n) is 4.34. The van der Waals surface area contributed by atoms with Crippen molar-refractivity contribution >= 4 is 22.7 Å². The number of likely N-dealkylation sites (tertiary alicyclic amines) is 1. The van der Waals surface area contributed by atoms with Crippen LogP contribution in [0.15, 0.2) is 79.5 Å². The van der Waals surface area contributed by atoms with E-state index in [2.05, 4.69) is 23.7 Å². The highest BCUT2D eigenvalue weighted by Gasteiger charge is 2.37. The molecular formula is C25H25N3O2. The SMILES string of the molecule is C=CC(=O)N(C)C[C@H]1CN(C(=O)c2cccc3cccnc23)C[C@H]1c1ccccc1. The predicted octanol–water partition coefficient (Wildman–Crippen LogP) is 3.74. The van der Waals surface area contributed by atoms with Gasteiger partial charge in [0, 0.05) is 50.1 Å². The van der Waals surface area contributed by atoms with Crippen molar-refractivity contribution in [2.75, 3.05) is 26.7 Å². The van der Waals surface area contributed by atoms with Crippen LogP contribution in [0.3, 0.4) is 0 Å². The van der Waals surface area contributed by atoms with E-state index in [-0.39, 0.29) is 23.7 Å². The van der Waals surface area contributed by atoms with Crippen LogP contribution in [0.2, 0.25) is 0 Å². The molecule has 0 N–H and O–H groups in total. The van der Waals surface area contributed by atoms with E-state index in [9.17, 15) is 9.59 Å². The van der Waals surface area contributed by atoms with Gasteiger partial charge in [0.25, 0.3) is 5.91 Å². The maximum atomic E-state index is 13.4. The molecule has 3 aromatic rings. The summed E-state index contributed by atoms with van der Waals surface area (Å²) in [6, 6.07) is 19.8. The molecule has 1 aliphatic heterocycles. The Bertz CT molecular complexity index is 1070. The molecule has 2 heterocycles. The number of hydrogen-bond donors (Lipinski definition) is 0. The lowest BCUT2D eigenvalue weighted by Gasteiger charge is -2.24. The third-order valence-electron chi connectivity index (χ3n) is 5.88. The first-order valence-corrected chi connectivity index (χ1v) is 10.1. The summed E-state index contributed by atoms with van der Waals surface area (Å²) in [5, 5.41) is 0.954. The van der Waals surface area contributed by atoms with Gasteiger partial charge in [-0.15, -0.1) is 0 Å². The number of rotatable bonds is 5. The molecule has 152 valence electrons. The van der Waals surface area contributed by atoms with Gasteiger partial charge in [-0.3, -0.25) is 14.6 Å². The summed E-state index contributed by atoms with van der Waals surface area (Å²) in [7, 11) is 1.78. The molecule has 0 radical (unpaired) electrons. The number of nitrogens with zero attached hydrogens (tertiary/aromatic N) is 3. The minimum absolute atomic E-state index is 0.0135. The molecule has 0 aliphatic carbocycles. The third-order valence-corrected chi connectivity index (χ3v) is 5.88. The minimum Gasteiger partial charge on any atom is -0.342 e. The number of benzene rings is 2. The standard InChI is InChI=1S/C25H25N3O2/c1-3-23(29)27(2)15-20-16-28(17-22(20)18-9-5-4-6-10-18)25(30)21-13-7-11-19-12-8-14-26-24(19)21/h3-14,20,22H,1,15-17H2,2H3/t20-,22-/m0/s1. The zero-order valence-corrected chi connectivity index (χ0v) is 17.1. The predicted molar refractivity (Wildman–Crippen MR) is 118 cm³/mol. The third kappa shape index (κ3) is 3.83. The van der Waals surface area contributed by atoms with Gasteiger partial charge in [-0.2, -0.15) is 0 Å². The molecule has 2 amide bonds. The second kappa shape index (κ2) is 8.49. The molecule has 0 unspecified atom stereocenters. The molecule has 2 aromatic carbocycles. The Kier molecular flexibility index (Phi) is 5.61. The van der Waals surface area contributed by atoms with Gasteiger partial charge in [-0.05, 0) is 23.8 Å². The summed E-state index contributed by atoms with van der Waals surface area (Å²) < 4.78 is 0. The van der Waals surface area contributed by atoms with E-state index < -0.39 is 0 Å². The number of hydrogen-bond acceptors (Lipinski definition) is 3. The summed E-state index contributed by atoms with van der Waals surface area (Å²) in [6.07, 6.45) is 3.05. The molecule has 0 saturated carbocycles. The van der Waals surface area contributed by atoms with Crippen LogP contribution in [0, 0.1) is 5.92 Å². The molecule has 0 spiro atoms. The Hall–Kier alpha value is -3.47. The van der Waals surface area contributed by atoms with Gasteiger partial charge in [0.15, 0.2) is 0 Å². The van der Waals surface area contributed by atoms with Crippen LogP contribution >= 0.6 is 0 Å². The molecule has 1 fully saturated rings. The van der Waals surface area contributed by atoms with Crippen molar-refractivity contribution in [2.45, 2.75) is 5.92 Å². The van der Waals surface area contributed by atoms with Crippen LogP contribution in [0.25, 0.3) is 10.9 Å². The Morgan fingerprint density at radius 2 is 1.87 bits per heavy atom. The fourth-order valence-corrected chi connectivity index (χ4v) is 4.34. The van der Waals surface area contributed by atoms with E-state index in [4.69, 9.17) is 0 Å². The Labute approximate surface area is 176 Å². The molecular weight excluding hydrogens is 374 g/mol. The Morgan fingerprint density at radius 1 is 1.10 bits per heavy atom. The van der Waals surface area contributed by atoms with Crippen LogP contribution in [0.1, 0.15) is 21.8 Å². The molecule has 30 heavy (non-hydrogen) atoms. The van der Waals surface area contributed by atoms with E-state index in [1.807, 2.05) is 53.4 Å². The van der Waals surface area contributed by atoms with Crippen molar-refractivity contribution in [3.63, 3.8) is 0 Å². The maximum Gasteiger partial charge on any atom is 0.256 e. The van der Waals surface area contributed by atoms with E-state index in [1.165, 1.54) is 11.6 Å². The van der Waals surface area contributed by atoms with Gasteiger partial charge < -0.3 is 9.80 Å². The lowest BCUT2D eigenvalue weighted by Crippen LogP contribution is -2.34. The quantitative estimate of drug-likeness (QED) is 0.614. The van der Waals surface area contributed by atoms with Crippen LogP contribution < -0.4 is 0 Å². The monoisotopic (exact) mass is 399 g/mol. The van der Waals surface area contributed by atoms with E-state index in [0.29, 0.717) is 25.2 Å². The van der Waals surface area contributed by atoms with Crippen LogP contribution in [-0.4, -0.2) is 53.3 Å². The number of carbonyl (C=O) groups is 2. The summed E-state index contributed by atoms with van der Waals surface area (Å²) in [4.78, 5) is 33.5. The average Bonchev–Trinajstić information content (AvgIpc) is 3.21. The highest BCUT2D eigenvalue weighted by Crippen LogP contribution is 2.34. The van der Waals surface area contributed by atoms with Crippen LogP contribution in [0.4, 0.5) is 0 Å². The normalized spacial score (nSPS) is 18.4. The second-order valence-corrected chi connectivity index (χ2v) is 7.79. The Balaban J connectivity index is 1.63. The highest BCUT2D eigenvalue weighted by atomic mass is 16.2. The van der Waals surface area contributed by atoms with Crippen molar-refractivity contribution in [3.8, 4) is 0 Å². The lowest BCUT2D eigenvalue weighted by molar-refractivity contribution is -0.125. The number of fused-ring (bicyclic) bond motifs is 1. The van der Waals surface area contributed by atoms with Gasteiger partial charge in [0.2, 0.25) is 5.91 Å². The number of carbonyl (C=O) groups excluding carboxylic acids is 2. The fraction of sp³-hybridized carbons (Fsp3) is 0.240. The minimum atomic E-state index is -0.107. The molecule has 5 nitrogen and oxygen atoms in total. The zero-order valence-electron chi connectivity index (χ0n) is 17.1. The highest BCUT2D eigenvalue weighted by molar-refractivity contribution is 6.05. The van der Waals surface area contributed by atoms with E-state index in [0.717, 1.165) is 10.9 Å². The first-order chi connectivity index (χ1) is 14.6. The topological polar surface area (TPSA) is 53.5 Å². The molecule has 2 atom stereocenters. The van der Waals surface area contributed by atoms with Gasteiger partial charge in [0.05, 0.1) is 11.1 Å². The first kappa shape index (κ1) is 19.8. The molecule has 5 heteroatoms. The van der Waals surface area contributed by atoms with Crippen molar-refractivity contribution in [3.05, 3.63) is 90.6 Å². The average molecular weight is 399 g/mol. The van der Waals surface area contributed by atoms with Crippen LogP contribution in [-0.2, 0) is 4.79 Å². The molecule has 1 aromatic heterocycles. The summed E-state index contributed by atoms with van der Waals surface area (Å²) >= 11 is 0. The number of aromatic nitrogens is 1. The summed E-state index contributed by atoms with van der Waals surface area (Å²) in [5.74, 6) is 0.191. The Morgan fingerprint density at radius 3 is 2.63 bits per heavy atom. The van der Waals surface area contributed by atoms with Gasteiger partial charge in [0.1, 0.15) is 0 Å². The lowest BCUT2D eigenvalue weighted by atomic mass is 9.88. The van der Waals surface area contributed by atoms with E-state index in [1.54, 1.807) is 18.1 Å².